The number of hydrogen-bond acceptors (Lipinski definition) is 5. The maximum absolute atomic E-state index is 13.3. The topological polar surface area (TPSA) is 68.1 Å². The summed E-state index contributed by atoms with van der Waals surface area (Å²) >= 11 is 1.47. The molecule has 0 bridgehead atoms. The van der Waals surface area contributed by atoms with E-state index in [1.807, 2.05) is 38.5 Å². The molecule has 1 aromatic heterocycles. The first-order valence-corrected chi connectivity index (χ1v) is 10.6. The monoisotopic (exact) mass is 415 g/mol. The molecule has 1 aliphatic rings. The minimum absolute atomic E-state index is 0.312. The molecule has 2 unspecified atom stereocenters. The van der Waals surface area contributed by atoms with E-state index in [0.717, 1.165) is 23.4 Å². The van der Waals surface area contributed by atoms with Crippen LogP contribution in [0.5, 0.6) is 5.75 Å². The Balaban J connectivity index is 1.95. The fourth-order valence-corrected chi connectivity index (χ4v) is 4.69. The smallest absolute Gasteiger partial charge is 0.291 e. The largest absolute Gasteiger partial charge is 0.496 e. The lowest BCUT2D eigenvalue weighted by atomic mass is 9.88. The highest BCUT2D eigenvalue weighted by molar-refractivity contribution is 7.10. The summed E-state index contributed by atoms with van der Waals surface area (Å²) in [6.07, 6.45) is 0.770. The van der Waals surface area contributed by atoms with Gasteiger partial charge in [0.1, 0.15) is 11.7 Å². The van der Waals surface area contributed by atoms with Crippen molar-refractivity contribution in [3.63, 3.8) is 0 Å². The first-order chi connectivity index (χ1) is 13.8. The molecule has 3 rings (SSSR count). The van der Waals surface area contributed by atoms with Crippen molar-refractivity contribution in [1.29, 1.82) is 0 Å². The van der Waals surface area contributed by atoms with Crippen molar-refractivity contribution in [3.8, 4) is 5.75 Å². The van der Waals surface area contributed by atoms with Gasteiger partial charge in [0.05, 0.1) is 33.8 Å². The molecule has 1 fully saturated rings. The quantitative estimate of drug-likeness (QED) is 0.404. The zero-order valence-corrected chi connectivity index (χ0v) is 18.0. The lowest BCUT2D eigenvalue weighted by Crippen LogP contribution is -3.05. The van der Waals surface area contributed by atoms with Crippen molar-refractivity contribution in [2.24, 2.45) is 5.92 Å². The number of nitrogens with zero attached hydrogens (tertiary/aromatic N) is 1. The van der Waals surface area contributed by atoms with E-state index in [2.05, 4.69) is 0 Å². The molecule has 1 aromatic carbocycles. The van der Waals surface area contributed by atoms with Crippen molar-refractivity contribution in [1.82, 2.24) is 4.90 Å². The van der Waals surface area contributed by atoms with E-state index in [9.17, 15) is 14.4 Å². The van der Waals surface area contributed by atoms with Gasteiger partial charge in [-0.25, -0.2) is 0 Å². The zero-order valence-electron chi connectivity index (χ0n) is 17.2. The normalized spacial score (nSPS) is 19.3. The van der Waals surface area contributed by atoms with E-state index in [1.54, 1.807) is 30.2 Å². The number of nitrogens with one attached hydrogen (secondary N) is 1. The first kappa shape index (κ1) is 21.2. The Bertz CT molecular complexity index is 908. The number of likely N-dealkylation sites (tertiary alicyclic amines) is 1. The molecule has 6 nitrogen and oxygen atoms in total. The molecular weight excluding hydrogens is 388 g/mol. The third kappa shape index (κ3) is 4.26. The van der Waals surface area contributed by atoms with Crippen molar-refractivity contribution in [2.75, 3.05) is 34.3 Å². The number of ketones is 2. The highest BCUT2D eigenvalue weighted by Crippen LogP contribution is 2.40. The summed E-state index contributed by atoms with van der Waals surface area (Å²) in [6, 6.07) is 8.35. The third-order valence-corrected chi connectivity index (χ3v) is 6.22. The number of aryl methyl sites for hydroxylation is 1. The summed E-state index contributed by atoms with van der Waals surface area (Å²) in [6.45, 7) is 3.19. The molecule has 154 valence electrons. The van der Waals surface area contributed by atoms with Crippen LogP contribution >= 0.6 is 11.3 Å². The second kappa shape index (κ2) is 8.88. The maximum atomic E-state index is 13.3. The van der Waals surface area contributed by atoms with Crippen molar-refractivity contribution < 1.29 is 24.0 Å². The van der Waals surface area contributed by atoms with Gasteiger partial charge in [-0.3, -0.25) is 14.4 Å². The lowest BCUT2D eigenvalue weighted by Gasteiger charge is -2.26. The molecule has 29 heavy (non-hydrogen) atoms. The molecule has 2 aromatic rings. The van der Waals surface area contributed by atoms with Crippen LogP contribution in [0.4, 0.5) is 0 Å². The number of carbonyl (C=O) groups excluding carboxylic acids is 3. The van der Waals surface area contributed by atoms with Gasteiger partial charge in [0.15, 0.2) is 5.78 Å². The summed E-state index contributed by atoms with van der Waals surface area (Å²) in [5.41, 5.74) is 1.24. The Kier molecular flexibility index (Phi) is 6.49. The summed E-state index contributed by atoms with van der Waals surface area (Å²) in [4.78, 5) is 42.8. The molecular formula is C22H27N2O4S+. The van der Waals surface area contributed by atoms with Gasteiger partial charge in [-0.05, 0) is 42.1 Å². The van der Waals surface area contributed by atoms with Gasteiger partial charge in [0.25, 0.3) is 5.91 Å². The van der Waals surface area contributed by atoms with Crippen molar-refractivity contribution in [3.05, 3.63) is 51.7 Å². The van der Waals surface area contributed by atoms with E-state index in [4.69, 9.17) is 4.74 Å². The van der Waals surface area contributed by atoms with Crippen LogP contribution in [-0.4, -0.2) is 56.7 Å². The number of carbonyl (C=O) groups is 3. The van der Waals surface area contributed by atoms with Crippen molar-refractivity contribution >= 4 is 28.8 Å². The lowest BCUT2D eigenvalue weighted by molar-refractivity contribution is -0.858. The van der Waals surface area contributed by atoms with Crippen molar-refractivity contribution in [2.45, 2.75) is 19.4 Å². The molecule has 1 aliphatic heterocycles. The molecule has 1 saturated heterocycles. The van der Waals surface area contributed by atoms with Gasteiger partial charge in [-0.15, -0.1) is 11.3 Å². The Morgan fingerprint density at radius 3 is 2.59 bits per heavy atom. The molecule has 7 heteroatoms. The van der Waals surface area contributed by atoms with E-state index < -0.39 is 23.7 Å². The molecule has 0 spiro atoms. The molecule has 1 amide bonds. The van der Waals surface area contributed by atoms with Crippen LogP contribution in [0.3, 0.4) is 0 Å². The van der Waals surface area contributed by atoms with Gasteiger partial charge < -0.3 is 14.5 Å². The molecule has 2 atom stereocenters. The number of ether oxygens (including phenoxy) is 1. The van der Waals surface area contributed by atoms with Gasteiger partial charge in [-0.1, -0.05) is 6.07 Å². The summed E-state index contributed by atoms with van der Waals surface area (Å²) < 4.78 is 5.26. The number of amides is 1. The predicted octanol–water partition coefficient (Wildman–Crippen LogP) is 1.55. The number of hydrogen-bond donors (Lipinski definition) is 1. The minimum atomic E-state index is -1.01. The van der Waals surface area contributed by atoms with Gasteiger partial charge >= 0.3 is 0 Å². The van der Waals surface area contributed by atoms with Gasteiger partial charge in [0, 0.05) is 23.4 Å². The number of benzene rings is 1. The molecule has 0 aliphatic carbocycles. The van der Waals surface area contributed by atoms with E-state index in [-0.39, 0.29) is 5.78 Å². The highest BCUT2D eigenvalue weighted by Gasteiger charge is 2.51. The third-order valence-electron chi connectivity index (χ3n) is 5.28. The SMILES string of the molecule is COc1ccc(C(=O)C2C(=O)C(=O)N(CCC[NH+](C)C)C2c2cccs2)cc1C. The Hall–Kier alpha value is -2.51. The second-order valence-electron chi connectivity index (χ2n) is 7.66. The molecule has 0 saturated carbocycles. The summed E-state index contributed by atoms with van der Waals surface area (Å²) in [5, 5.41) is 1.91. The number of rotatable bonds is 8. The van der Waals surface area contributed by atoms with E-state index in [1.165, 1.54) is 16.2 Å². The zero-order chi connectivity index (χ0) is 21.1. The van der Waals surface area contributed by atoms with E-state index in [0.29, 0.717) is 17.9 Å². The van der Waals surface area contributed by atoms with E-state index >= 15 is 0 Å². The summed E-state index contributed by atoms with van der Waals surface area (Å²) in [5.74, 6) is -1.81. The highest BCUT2D eigenvalue weighted by atomic mass is 32.1. The van der Waals surface area contributed by atoms with Crippen LogP contribution < -0.4 is 9.64 Å². The summed E-state index contributed by atoms with van der Waals surface area (Å²) in [7, 11) is 5.67. The van der Waals surface area contributed by atoms with Gasteiger partial charge in [-0.2, -0.15) is 0 Å². The number of Topliss-reactive ketones (excluding diaryl/α,β-unsaturated/α-hetero) is 2. The Morgan fingerprint density at radius 1 is 1.24 bits per heavy atom. The predicted molar refractivity (Wildman–Crippen MR) is 112 cm³/mol. The fraction of sp³-hybridized carbons (Fsp3) is 0.409. The molecule has 2 heterocycles. The van der Waals surface area contributed by atoms with Crippen LogP contribution in [0.25, 0.3) is 0 Å². The Morgan fingerprint density at radius 2 is 2.00 bits per heavy atom. The van der Waals surface area contributed by atoms with Crippen LogP contribution in [0.15, 0.2) is 35.7 Å². The maximum Gasteiger partial charge on any atom is 0.291 e. The van der Waals surface area contributed by atoms with Crippen LogP contribution in [0, 0.1) is 12.8 Å². The first-order valence-electron chi connectivity index (χ1n) is 9.71. The number of thiophene rings is 1. The second-order valence-corrected chi connectivity index (χ2v) is 8.64. The minimum Gasteiger partial charge on any atom is -0.496 e. The number of quaternary nitrogens is 1. The number of methoxy groups -OCH3 is 1. The average Bonchev–Trinajstić information content (AvgIpc) is 3.29. The Labute approximate surface area is 175 Å². The average molecular weight is 416 g/mol. The van der Waals surface area contributed by atoms with Gasteiger partial charge in [0.2, 0.25) is 5.78 Å². The molecule has 0 radical (unpaired) electrons. The fourth-order valence-electron chi connectivity index (χ4n) is 3.82. The van der Waals surface area contributed by atoms with Crippen LogP contribution in [-0.2, 0) is 9.59 Å². The standard InChI is InChI=1S/C22H26N2O4S/c1-14-13-15(8-9-16(14)28-4)20(25)18-19(17-7-5-12-29-17)24(22(27)21(18)26)11-6-10-23(2)3/h5,7-9,12-13,18-19H,6,10-11H2,1-4H3/p+1. The van der Waals surface area contributed by atoms with Crippen LogP contribution in [0.1, 0.15) is 33.3 Å². The molecule has 1 N–H and O–H groups in total. The van der Waals surface area contributed by atoms with Crippen LogP contribution in [0.2, 0.25) is 0 Å².